The van der Waals surface area contributed by atoms with E-state index in [9.17, 15) is 0 Å². The number of anilines is 3. The molecule has 52 heavy (non-hydrogen) atoms. The zero-order valence-electron chi connectivity index (χ0n) is 28.8. The van der Waals surface area contributed by atoms with Crippen LogP contribution in [0.25, 0.3) is 71.1 Å². The van der Waals surface area contributed by atoms with Crippen LogP contribution >= 0.6 is 11.3 Å². The lowest BCUT2D eigenvalue weighted by Crippen LogP contribution is -2.10. The number of furan rings is 1. The number of benzene rings is 7. The van der Waals surface area contributed by atoms with Gasteiger partial charge >= 0.3 is 0 Å². The Morgan fingerprint density at radius 3 is 2.00 bits per heavy atom. The molecule has 0 saturated carbocycles. The van der Waals surface area contributed by atoms with Gasteiger partial charge in [0.2, 0.25) is 0 Å². The first-order valence-electron chi connectivity index (χ1n) is 17.5. The first-order chi connectivity index (χ1) is 25.7. The number of nitrogens with zero attached hydrogens (tertiary/aromatic N) is 1. The normalized spacial score (nSPS) is 11.8. The zero-order chi connectivity index (χ0) is 35.0. The highest BCUT2D eigenvalue weighted by atomic mass is 32.1. The molecule has 0 N–H and O–H groups in total. The zero-order valence-corrected chi connectivity index (χ0v) is 29.6. The van der Waals surface area contributed by atoms with Gasteiger partial charge in [-0.3, -0.25) is 0 Å². The van der Waals surface area contributed by atoms with Gasteiger partial charge in [-0.1, -0.05) is 134 Å². The van der Waals surface area contributed by atoms with Crippen LogP contribution in [0.2, 0.25) is 0 Å². The minimum atomic E-state index is 0.773. The van der Waals surface area contributed by atoms with Crippen molar-refractivity contribution in [1.82, 2.24) is 0 Å². The van der Waals surface area contributed by atoms with E-state index < -0.39 is 0 Å². The lowest BCUT2D eigenvalue weighted by molar-refractivity contribution is 0.603. The van der Waals surface area contributed by atoms with Crippen molar-refractivity contribution in [2.75, 3.05) is 4.90 Å². The Morgan fingerprint density at radius 2 is 1.23 bits per heavy atom. The SMILES string of the molecule is C=Cc1oc2ccccc2c1/C=C(\C)c1cc(N(c2ccc(-c3ccccc3)cc2)c2cccc3c2sc2ccccc23)ccc1-c1ccccc1. The molecule has 0 unspecified atom stereocenters. The van der Waals surface area contributed by atoms with E-state index in [2.05, 4.69) is 182 Å². The van der Waals surface area contributed by atoms with E-state index in [0.717, 1.165) is 50.5 Å². The van der Waals surface area contributed by atoms with Crippen LogP contribution in [0.5, 0.6) is 0 Å². The lowest BCUT2D eigenvalue weighted by atomic mass is 9.92. The maximum absolute atomic E-state index is 6.22. The molecule has 3 heteroatoms. The predicted octanol–water partition coefficient (Wildman–Crippen LogP) is 14.8. The minimum absolute atomic E-state index is 0.773. The van der Waals surface area contributed by atoms with Crippen molar-refractivity contribution in [2.24, 2.45) is 0 Å². The van der Waals surface area contributed by atoms with Crippen molar-refractivity contribution in [3.8, 4) is 22.3 Å². The Labute approximate surface area is 307 Å². The maximum Gasteiger partial charge on any atom is 0.135 e. The van der Waals surface area contributed by atoms with Crippen LogP contribution in [-0.4, -0.2) is 0 Å². The molecular formula is C49H35NOS. The largest absolute Gasteiger partial charge is 0.456 e. The molecule has 0 radical (unpaired) electrons. The molecule has 2 heterocycles. The fourth-order valence-corrected chi connectivity index (χ4v) is 8.52. The predicted molar refractivity (Wildman–Crippen MR) is 225 cm³/mol. The van der Waals surface area contributed by atoms with Crippen LogP contribution in [0.15, 0.2) is 181 Å². The fourth-order valence-electron chi connectivity index (χ4n) is 7.32. The number of fused-ring (bicyclic) bond motifs is 4. The van der Waals surface area contributed by atoms with Gasteiger partial charge in [-0.2, -0.15) is 0 Å². The monoisotopic (exact) mass is 685 g/mol. The van der Waals surface area contributed by atoms with Crippen molar-refractivity contribution in [2.45, 2.75) is 6.92 Å². The summed E-state index contributed by atoms with van der Waals surface area (Å²) in [7, 11) is 0. The standard InChI is InChI=1S/C49H35NOS/c1-3-46-44(40-19-10-12-23-47(40)51-46)31-33(2)43-32-38(29-30-39(43)36-17-8-5-9-18-36)50(37-27-25-35(26-28-37)34-15-6-4-7-16-34)45-22-14-21-42-41-20-11-13-24-48(41)52-49(42)45/h3-32H,1H2,2H3/b33-31+. The Balaban J connectivity index is 1.27. The third kappa shape index (κ3) is 5.62. The van der Waals surface area contributed by atoms with Crippen molar-refractivity contribution in [3.63, 3.8) is 0 Å². The van der Waals surface area contributed by atoms with E-state index in [-0.39, 0.29) is 0 Å². The lowest BCUT2D eigenvalue weighted by Gasteiger charge is -2.27. The summed E-state index contributed by atoms with van der Waals surface area (Å²) < 4.78 is 8.76. The van der Waals surface area contributed by atoms with Crippen LogP contribution in [-0.2, 0) is 0 Å². The summed E-state index contributed by atoms with van der Waals surface area (Å²) in [4.78, 5) is 2.42. The summed E-state index contributed by atoms with van der Waals surface area (Å²) >= 11 is 1.85. The van der Waals surface area contributed by atoms with E-state index in [1.54, 1.807) is 6.08 Å². The molecule has 2 aromatic heterocycles. The van der Waals surface area contributed by atoms with E-state index in [0.29, 0.717) is 0 Å². The van der Waals surface area contributed by atoms with Crippen LogP contribution in [0, 0.1) is 0 Å². The second-order valence-corrected chi connectivity index (χ2v) is 14.1. The molecule has 0 aliphatic rings. The van der Waals surface area contributed by atoms with E-state index >= 15 is 0 Å². The number of hydrogen-bond acceptors (Lipinski definition) is 3. The highest BCUT2D eigenvalue weighted by molar-refractivity contribution is 7.26. The molecule has 9 rings (SSSR count). The second kappa shape index (κ2) is 13.4. The van der Waals surface area contributed by atoms with Crippen molar-refractivity contribution in [3.05, 3.63) is 193 Å². The van der Waals surface area contributed by atoms with Gasteiger partial charge in [0.1, 0.15) is 11.3 Å². The molecular weight excluding hydrogens is 651 g/mol. The van der Waals surface area contributed by atoms with E-state index in [1.165, 1.54) is 42.4 Å². The van der Waals surface area contributed by atoms with Crippen molar-refractivity contribution in [1.29, 1.82) is 0 Å². The van der Waals surface area contributed by atoms with Crippen LogP contribution in [0.1, 0.15) is 23.8 Å². The molecule has 0 spiro atoms. The molecule has 2 nitrogen and oxygen atoms in total. The molecule has 7 aromatic carbocycles. The Kier molecular flexibility index (Phi) is 8.11. The first-order valence-corrected chi connectivity index (χ1v) is 18.4. The van der Waals surface area contributed by atoms with Gasteiger partial charge in [0.15, 0.2) is 0 Å². The fraction of sp³-hybridized carbons (Fsp3) is 0.0204. The summed E-state index contributed by atoms with van der Waals surface area (Å²) in [6.07, 6.45) is 4.06. The summed E-state index contributed by atoms with van der Waals surface area (Å²) in [6.45, 7) is 6.27. The minimum Gasteiger partial charge on any atom is -0.456 e. The summed E-state index contributed by atoms with van der Waals surface area (Å²) in [6, 6.07) is 60.7. The molecule has 9 aromatic rings. The van der Waals surface area contributed by atoms with Gasteiger partial charge in [0.05, 0.1) is 10.4 Å². The number of allylic oxidation sites excluding steroid dienone is 1. The van der Waals surface area contributed by atoms with Crippen LogP contribution in [0.3, 0.4) is 0 Å². The van der Waals surface area contributed by atoms with Gasteiger partial charge in [0, 0.05) is 37.8 Å². The average Bonchev–Trinajstić information content (AvgIpc) is 3.77. The van der Waals surface area contributed by atoms with E-state index in [4.69, 9.17) is 4.42 Å². The van der Waals surface area contributed by atoms with E-state index in [1.807, 2.05) is 23.5 Å². The third-order valence-electron chi connectivity index (χ3n) is 9.84. The first kappa shape index (κ1) is 31.6. The molecule has 0 fully saturated rings. The highest BCUT2D eigenvalue weighted by Gasteiger charge is 2.21. The van der Waals surface area contributed by atoms with Crippen molar-refractivity contribution >= 4 is 77.3 Å². The molecule has 0 aliphatic carbocycles. The maximum atomic E-state index is 6.22. The number of thiophene rings is 1. The van der Waals surface area contributed by atoms with Gasteiger partial charge in [0.25, 0.3) is 0 Å². The average molecular weight is 686 g/mol. The smallest absolute Gasteiger partial charge is 0.135 e. The molecule has 0 saturated heterocycles. The Hall–Kier alpha value is -6.42. The Morgan fingerprint density at radius 1 is 0.596 bits per heavy atom. The third-order valence-corrected chi connectivity index (χ3v) is 11.0. The molecule has 0 amide bonds. The molecule has 0 aliphatic heterocycles. The summed E-state index contributed by atoms with van der Waals surface area (Å²) in [5, 5.41) is 3.63. The number of hydrogen-bond donors (Lipinski definition) is 0. The van der Waals surface area contributed by atoms with Crippen LogP contribution in [0.4, 0.5) is 17.1 Å². The second-order valence-electron chi connectivity index (χ2n) is 13.0. The summed E-state index contributed by atoms with van der Waals surface area (Å²) in [5.74, 6) is 0.773. The quantitative estimate of drug-likeness (QED) is 0.158. The molecule has 248 valence electrons. The van der Waals surface area contributed by atoms with Gasteiger partial charge in [-0.05, 0) is 94.9 Å². The molecule has 0 bridgehead atoms. The van der Waals surface area contributed by atoms with Crippen LogP contribution < -0.4 is 4.90 Å². The Bertz CT molecular complexity index is 2750. The summed E-state index contributed by atoms with van der Waals surface area (Å²) in [5.41, 5.74) is 12.2. The van der Waals surface area contributed by atoms with Gasteiger partial charge < -0.3 is 9.32 Å². The van der Waals surface area contributed by atoms with Gasteiger partial charge in [-0.15, -0.1) is 11.3 Å². The van der Waals surface area contributed by atoms with Gasteiger partial charge in [-0.25, -0.2) is 0 Å². The number of rotatable bonds is 8. The topological polar surface area (TPSA) is 16.4 Å². The highest BCUT2D eigenvalue weighted by Crippen LogP contribution is 2.46. The van der Waals surface area contributed by atoms with Crippen molar-refractivity contribution < 1.29 is 4.42 Å². The molecule has 0 atom stereocenters. The number of para-hydroxylation sites is 1.